The van der Waals surface area contributed by atoms with Crippen LogP contribution in [0, 0.1) is 23.7 Å². The second-order valence-electron chi connectivity index (χ2n) is 25.8. The van der Waals surface area contributed by atoms with Crippen molar-refractivity contribution in [3.8, 4) is 5.75 Å². The van der Waals surface area contributed by atoms with Gasteiger partial charge in [-0.25, -0.2) is 0 Å². The number of anilines is 1. The number of ether oxygens (including phenoxy) is 6. The third-order valence-electron chi connectivity index (χ3n) is 19.0. The van der Waals surface area contributed by atoms with Gasteiger partial charge in [0.05, 0.1) is 38.4 Å². The lowest BCUT2D eigenvalue weighted by molar-refractivity contribution is -0.352. The third kappa shape index (κ3) is 17.5. The maximum atomic E-state index is 15.3. The van der Waals surface area contributed by atoms with Crippen LogP contribution in [0.25, 0.3) is 0 Å². The second-order valence-corrected chi connectivity index (χ2v) is 25.8. The molecule has 38 heteroatoms. The number of aliphatic hydroxyl groups excluding tert-OH is 13. The van der Waals surface area contributed by atoms with Crippen LogP contribution in [0.15, 0.2) is 48.5 Å². The largest absolute Gasteiger partial charge is 0.463 e. The number of benzene rings is 2. The van der Waals surface area contributed by atoms with E-state index < -0.39 is 240 Å². The zero-order valence-electron chi connectivity index (χ0n) is 54.5. The Bertz CT molecular complexity index is 3210. The monoisotopic (exact) mass is 1420 g/mol. The average Bonchev–Trinajstić information content (AvgIpc) is 1.47. The summed E-state index contributed by atoms with van der Waals surface area (Å²) >= 11 is 0. The maximum Gasteiger partial charge on any atom is 0.305 e. The number of rotatable bonds is 20. The number of hydrogen-bond donors (Lipinski definition) is 23. The molecule has 0 spiro atoms. The standard InChI is InChI=1S/C62H90N12O26/c1-25-7-3-6-10-33(25)73-26(2)53(90)68-30(17-28-11-14-29(15-12-28)96-59-51(89)48(86)52(37(23-77)99-59)100-60-50(88)47(85)45(83)36(22-76)98-60)55(92)71-40(42(80)31-18-66-61(63)70-31)57(94)72-41(43(81)34-19-67-62(64)74(34)58-49(87)46(84)44(82)35(21-75)97-58)56(93)69-32(54(91)65-20-38(73)78)24-95-39(79)16-13-27-8-4-5-9-27/h3,6-7,10-12,14-15,26-27,30-32,34-37,40-52,58-60,75-77,80-89H,4-5,8-9,13,16-24H2,1-2H3,(H2,64,67)(H,65,91)(H,68,90)(H,69,93)(H,71,92)(H,72,94)(H3,63,66,70). The zero-order chi connectivity index (χ0) is 72.5. The first-order valence-electron chi connectivity index (χ1n) is 32.9. The summed E-state index contributed by atoms with van der Waals surface area (Å²) in [4.78, 5) is 105. The average molecular weight is 1420 g/mol. The molecule has 6 heterocycles. The van der Waals surface area contributed by atoms with Gasteiger partial charge < -0.3 is 142 Å². The summed E-state index contributed by atoms with van der Waals surface area (Å²) in [6, 6.07) is -1.33. The Balaban J connectivity index is 1.05. The molecule has 6 aliphatic heterocycles. The topological polar surface area (TPSA) is 588 Å². The Hall–Kier alpha value is -7.61. The second kappa shape index (κ2) is 33.9. The van der Waals surface area contributed by atoms with Crippen LogP contribution in [0.3, 0.4) is 0 Å². The van der Waals surface area contributed by atoms with Gasteiger partial charge in [0.25, 0.3) is 0 Å². The number of guanidine groups is 2. The molecule has 9 rings (SSSR count). The van der Waals surface area contributed by atoms with Crippen LogP contribution in [0.4, 0.5) is 5.69 Å². The van der Waals surface area contributed by atoms with Gasteiger partial charge in [0.1, 0.15) is 128 Å². The fourth-order valence-electron chi connectivity index (χ4n) is 13.2. The first kappa shape index (κ1) is 76.6. The van der Waals surface area contributed by atoms with Crippen molar-refractivity contribution in [1.82, 2.24) is 47.4 Å². The molecule has 0 bridgehead atoms. The summed E-state index contributed by atoms with van der Waals surface area (Å²) in [7, 11) is 0. The lowest BCUT2D eigenvalue weighted by Gasteiger charge is -2.46. The van der Waals surface area contributed by atoms with E-state index in [9.17, 15) is 85.6 Å². The van der Waals surface area contributed by atoms with E-state index in [-0.39, 0.29) is 41.8 Å². The van der Waals surface area contributed by atoms with Crippen LogP contribution in [-0.2, 0) is 63.7 Å². The summed E-state index contributed by atoms with van der Waals surface area (Å²) in [6.45, 7) is -2.32. The highest BCUT2D eigenvalue weighted by atomic mass is 16.7. The smallest absolute Gasteiger partial charge is 0.305 e. The van der Waals surface area contributed by atoms with E-state index >= 15 is 14.4 Å². The van der Waals surface area contributed by atoms with E-state index in [0.29, 0.717) is 12.0 Å². The SMILES string of the molecule is Cc1ccccc1N1C(=O)CNC(=O)C(COC(=O)CCC2CCCC2)NC(=O)C(C(O)C2CNC(=N)N2C2OC(CO)C(O)C(O)C2O)NC(=O)C(C(O)C2CNC(=N)N2)NC(=O)C(Cc2ccc(OC3OC(CO)C(OC4OC(CO)C(O)C(O)C4O)C(O)C3O)cc2)NC(=O)C1C. The molecule has 24 unspecified atom stereocenters. The van der Waals surface area contributed by atoms with Crippen LogP contribution in [0.1, 0.15) is 56.6 Å². The molecular formula is C62H90N12O26. The molecule has 24 atom stereocenters. The van der Waals surface area contributed by atoms with Crippen molar-refractivity contribution in [3.63, 3.8) is 0 Å². The lowest BCUT2D eigenvalue weighted by atomic mass is 9.95. The number of nitrogens with one attached hydrogen (secondary N) is 10. The molecule has 7 aliphatic rings. The Labute approximate surface area is 571 Å². The minimum Gasteiger partial charge on any atom is -0.463 e. The van der Waals surface area contributed by atoms with Crippen LogP contribution >= 0.6 is 0 Å². The van der Waals surface area contributed by atoms with Crippen molar-refractivity contribution in [2.24, 2.45) is 5.92 Å². The molecule has 2 aromatic rings. The Kier molecular flexibility index (Phi) is 26.0. The van der Waals surface area contributed by atoms with Gasteiger partial charge >= 0.3 is 5.97 Å². The molecule has 554 valence electrons. The first-order chi connectivity index (χ1) is 47.6. The minimum atomic E-state index is -2.40. The van der Waals surface area contributed by atoms with Crippen molar-refractivity contribution in [1.29, 1.82) is 10.8 Å². The van der Waals surface area contributed by atoms with Crippen molar-refractivity contribution in [3.05, 3.63) is 59.7 Å². The van der Waals surface area contributed by atoms with E-state index in [4.69, 9.17) is 39.2 Å². The van der Waals surface area contributed by atoms with Crippen LogP contribution in [0.5, 0.6) is 5.75 Å². The summed E-state index contributed by atoms with van der Waals surface area (Å²) in [5, 5.41) is 178. The van der Waals surface area contributed by atoms with Crippen molar-refractivity contribution in [2.75, 3.05) is 51.0 Å². The van der Waals surface area contributed by atoms with E-state index in [0.717, 1.165) is 35.5 Å². The molecule has 2 aromatic carbocycles. The number of aliphatic hydroxyl groups is 13. The molecule has 1 aliphatic carbocycles. The molecular weight excluding hydrogens is 1330 g/mol. The molecule has 6 saturated heterocycles. The Morgan fingerprint density at radius 3 is 1.88 bits per heavy atom. The summed E-state index contributed by atoms with van der Waals surface area (Å²) in [5.41, 5.74) is 0.788. The molecule has 0 radical (unpaired) electrons. The van der Waals surface area contributed by atoms with E-state index in [2.05, 4.69) is 42.5 Å². The number of carbonyl (C=O) groups is 7. The predicted molar refractivity (Wildman–Crippen MR) is 338 cm³/mol. The Morgan fingerprint density at radius 2 is 1.23 bits per heavy atom. The Morgan fingerprint density at radius 1 is 0.630 bits per heavy atom. The number of hydrogen-bond acceptors (Lipinski definition) is 28. The molecule has 23 N–H and O–H groups in total. The van der Waals surface area contributed by atoms with Crippen LogP contribution in [0.2, 0.25) is 0 Å². The molecule has 38 nitrogen and oxygen atoms in total. The lowest BCUT2D eigenvalue weighted by Crippen LogP contribution is -2.69. The molecule has 6 amide bonds. The van der Waals surface area contributed by atoms with Gasteiger partial charge in [0, 0.05) is 31.6 Å². The van der Waals surface area contributed by atoms with Crippen molar-refractivity contribution >= 4 is 59.0 Å². The third-order valence-corrected chi connectivity index (χ3v) is 19.0. The number of carbonyl (C=O) groups excluding carboxylic acids is 7. The maximum absolute atomic E-state index is 15.3. The van der Waals surface area contributed by atoms with E-state index in [1.54, 1.807) is 25.1 Å². The number of nitrogens with zero attached hydrogens (tertiary/aromatic N) is 2. The fourth-order valence-corrected chi connectivity index (χ4v) is 13.2. The highest BCUT2D eigenvalue weighted by molar-refractivity contribution is 6.05. The summed E-state index contributed by atoms with van der Waals surface area (Å²) in [6.07, 6.45) is -28.0. The van der Waals surface area contributed by atoms with Gasteiger partial charge in [-0.3, -0.25) is 49.3 Å². The number of amides is 6. The van der Waals surface area contributed by atoms with E-state index in [1.807, 2.05) is 0 Å². The molecule has 100 heavy (non-hydrogen) atoms. The van der Waals surface area contributed by atoms with Crippen LogP contribution < -0.4 is 52.2 Å². The molecule has 7 fully saturated rings. The number of aryl methyl sites for hydroxylation is 1. The van der Waals surface area contributed by atoms with Gasteiger partial charge in [0.15, 0.2) is 24.4 Å². The van der Waals surface area contributed by atoms with Crippen molar-refractivity contribution < 1.29 is 128 Å². The number of para-hydroxylation sites is 1. The summed E-state index contributed by atoms with van der Waals surface area (Å²) < 4.78 is 34.0. The molecule has 1 saturated carbocycles. The van der Waals surface area contributed by atoms with Crippen LogP contribution in [-0.4, -0.2) is 317 Å². The quantitative estimate of drug-likeness (QED) is 0.0547. The van der Waals surface area contributed by atoms with Gasteiger partial charge in [0.2, 0.25) is 41.7 Å². The van der Waals surface area contributed by atoms with Gasteiger partial charge in [-0.1, -0.05) is 56.0 Å². The predicted octanol–water partition coefficient (Wildman–Crippen LogP) is -10.2. The number of esters is 1. The van der Waals surface area contributed by atoms with Gasteiger partial charge in [-0.05, 0) is 55.5 Å². The highest BCUT2D eigenvalue weighted by Crippen LogP contribution is 2.33. The fraction of sp³-hybridized carbons (Fsp3) is 0.661. The van der Waals surface area contributed by atoms with Gasteiger partial charge in [-0.2, -0.15) is 0 Å². The highest BCUT2D eigenvalue weighted by Gasteiger charge is 2.55. The van der Waals surface area contributed by atoms with E-state index in [1.165, 1.54) is 37.3 Å². The van der Waals surface area contributed by atoms with Crippen molar-refractivity contribution in [2.45, 2.75) is 205 Å². The zero-order valence-corrected chi connectivity index (χ0v) is 54.5. The normalized spacial score (nSPS) is 36.0. The summed E-state index contributed by atoms with van der Waals surface area (Å²) in [5.74, 6) is -8.88. The molecule has 0 aromatic heterocycles. The minimum absolute atomic E-state index is 0.0800. The van der Waals surface area contributed by atoms with Gasteiger partial charge in [-0.15, -0.1) is 0 Å². The first-order valence-corrected chi connectivity index (χ1v) is 32.9.